The second-order valence-electron chi connectivity index (χ2n) is 9.53. The Morgan fingerprint density at radius 1 is 0.897 bits per heavy atom. The van der Waals surface area contributed by atoms with Crippen LogP contribution in [-0.4, -0.2) is 50.0 Å². The zero-order valence-electron chi connectivity index (χ0n) is 22.5. The number of nitrogens with zero attached hydrogens (tertiary/aromatic N) is 2. The smallest absolute Gasteiger partial charge is 0.244 e. The Morgan fingerprint density at radius 2 is 1.51 bits per heavy atom. The summed E-state index contributed by atoms with van der Waals surface area (Å²) in [5.41, 5.74) is 2.13. The van der Waals surface area contributed by atoms with Crippen molar-refractivity contribution in [2.45, 2.75) is 46.0 Å². The van der Waals surface area contributed by atoms with Crippen LogP contribution >= 0.6 is 15.9 Å². The van der Waals surface area contributed by atoms with Crippen LogP contribution < -0.4 is 14.4 Å². The van der Waals surface area contributed by atoms with E-state index >= 15 is 0 Å². The van der Waals surface area contributed by atoms with Gasteiger partial charge in [0.15, 0.2) is 0 Å². The van der Waals surface area contributed by atoms with Gasteiger partial charge in [-0.3, -0.25) is 13.9 Å². The molecule has 0 saturated heterocycles. The predicted molar refractivity (Wildman–Crippen MR) is 157 cm³/mol. The van der Waals surface area contributed by atoms with E-state index in [1.54, 1.807) is 31.2 Å². The van der Waals surface area contributed by atoms with Gasteiger partial charge in [0.2, 0.25) is 21.8 Å². The molecule has 2 amide bonds. The summed E-state index contributed by atoms with van der Waals surface area (Å²) < 4.78 is 33.3. The third kappa shape index (κ3) is 9.11. The summed E-state index contributed by atoms with van der Waals surface area (Å²) in [6.07, 6.45) is 1.05. The zero-order valence-corrected chi connectivity index (χ0v) is 24.9. The van der Waals surface area contributed by atoms with Gasteiger partial charge in [-0.25, -0.2) is 8.42 Å². The Labute approximate surface area is 239 Å². The van der Waals surface area contributed by atoms with Crippen LogP contribution in [-0.2, 0) is 32.8 Å². The fourth-order valence-electron chi connectivity index (χ4n) is 3.84. The number of nitrogens with one attached hydrogen (secondary N) is 1. The van der Waals surface area contributed by atoms with Gasteiger partial charge in [0.05, 0.1) is 11.9 Å². The highest BCUT2D eigenvalue weighted by Gasteiger charge is 2.30. The molecule has 3 rings (SSSR count). The number of hydrogen-bond acceptors (Lipinski definition) is 5. The van der Waals surface area contributed by atoms with Gasteiger partial charge >= 0.3 is 0 Å². The second kappa shape index (κ2) is 13.6. The molecule has 39 heavy (non-hydrogen) atoms. The molecular weight excluding hydrogens is 582 g/mol. The van der Waals surface area contributed by atoms with E-state index in [0.717, 1.165) is 26.2 Å². The fraction of sp³-hybridized carbons (Fsp3) is 0.310. The van der Waals surface area contributed by atoms with Crippen LogP contribution in [0.1, 0.15) is 31.9 Å². The SMILES string of the molecule is CC(C)NC(=O)[C@H](C)N(Cc1ccc(Br)cc1)C(=O)CN(c1ccc(OCc2ccccc2)cc1)S(C)(=O)=O. The third-order valence-corrected chi connectivity index (χ3v) is 7.59. The molecule has 1 atom stereocenters. The molecule has 8 nitrogen and oxygen atoms in total. The maximum Gasteiger partial charge on any atom is 0.244 e. The molecule has 3 aromatic carbocycles. The van der Waals surface area contributed by atoms with E-state index in [-0.39, 0.29) is 18.5 Å². The van der Waals surface area contributed by atoms with Gasteiger partial charge in [-0.15, -0.1) is 0 Å². The van der Waals surface area contributed by atoms with Crippen molar-refractivity contribution in [2.75, 3.05) is 17.1 Å². The third-order valence-electron chi connectivity index (χ3n) is 5.92. The number of benzene rings is 3. The normalized spacial score (nSPS) is 12.1. The first-order valence-electron chi connectivity index (χ1n) is 12.5. The highest BCUT2D eigenvalue weighted by Crippen LogP contribution is 2.23. The van der Waals surface area contributed by atoms with Crippen LogP contribution in [0.3, 0.4) is 0 Å². The van der Waals surface area contributed by atoms with Crippen molar-refractivity contribution in [2.24, 2.45) is 0 Å². The molecule has 0 aliphatic rings. The Kier molecular flexibility index (Phi) is 10.5. The summed E-state index contributed by atoms with van der Waals surface area (Å²) in [6, 6.07) is 22.7. The van der Waals surface area contributed by atoms with Crippen molar-refractivity contribution in [1.82, 2.24) is 10.2 Å². The topological polar surface area (TPSA) is 96.0 Å². The molecule has 0 aliphatic carbocycles. The maximum absolute atomic E-state index is 13.6. The maximum atomic E-state index is 13.6. The van der Waals surface area contributed by atoms with Gasteiger partial charge in [-0.1, -0.05) is 58.4 Å². The standard InChI is InChI=1S/C29H34BrN3O5S/c1-21(2)31-29(35)22(3)32(18-23-10-12-25(30)13-11-23)28(34)19-33(39(4,36)37)26-14-16-27(17-15-26)38-20-24-8-6-5-7-9-24/h5-17,21-22H,18-20H2,1-4H3,(H,31,35)/t22-/m0/s1. The summed E-state index contributed by atoms with van der Waals surface area (Å²) in [5, 5.41) is 2.83. The quantitative estimate of drug-likeness (QED) is 0.318. The number of carbonyl (C=O) groups excluding carboxylic acids is 2. The minimum Gasteiger partial charge on any atom is -0.489 e. The monoisotopic (exact) mass is 615 g/mol. The molecule has 1 N–H and O–H groups in total. The number of ether oxygens (including phenoxy) is 1. The average Bonchev–Trinajstić information content (AvgIpc) is 2.89. The van der Waals surface area contributed by atoms with Gasteiger partial charge in [0, 0.05) is 17.1 Å². The minimum absolute atomic E-state index is 0.111. The summed E-state index contributed by atoms with van der Waals surface area (Å²) in [7, 11) is -3.82. The van der Waals surface area contributed by atoms with E-state index in [0.29, 0.717) is 18.0 Å². The van der Waals surface area contributed by atoms with E-state index in [2.05, 4.69) is 21.2 Å². The van der Waals surface area contributed by atoms with Crippen LogP contribution in [0.25, 0.3) is 0 Å². The zero-order chi connectivity index (χ0) is 28.6. The number of rotatable bonds is 12. The Balaban J connectivity index is 1.81. The lowest BCUT2D eigenvalue weighted by Gasteiger charge is -2.32. The Morgan fingerprint density at radius 3 is 2.08 bits per heavy atom. The van der Waals surface area contributed by atoms with Crippen LogP contribution in [0.2, 0.25) is 0 Å². The van der Waals surface area contributed by atoms with Gasteiger partial charge < -0.3 is 15.0 Å². The highest BCUT2D eigenvalue weighted by atomic mass is 79.9. The molecule has 208 valence electrons. The van der Waals surface area contributed by atoms with Crippen LogP contribution in [0, 0.1) is 0 Å². The molecule has 0 radical (unpaired) electrons. The average molecular weight is 617 g/mol. The molecule has 0 unspecified atom stereocenters. The fourth-order valence-corrected chi connectivity index (χ4v) is 4.95. The van der Waals surface area contributed by atoms with Gasteiger partial charge in [-0.05, 0) is 68.3 Å². The minimum atomic E-state index is -3.82. The summed E-state index contributed by atoms with van der Waals surface area (Å²) in [4.78, 5) is 27.8. The van der Waals surface area contributed by atoms with Crippen molar-refractivity contribution in [3.05, 3.63) is 94.5 Å². The first-order chi connectivity index (χ1) is 18.4. The molecule has 0 aliphatic heterocycles. The molecular formula is C29H34BrN3O5S. The highest BCUT2D eigenvalue weighted by molar-refractivity contribution is 9.10. The van der Waals surface area contributed by atoms with Gasteiger partial charge in [0.25, 0.3) is 0 Å². The number of anilines is 1. The number of hydrogen-bond donors (Lipinski definition) is 1. The second-order valence-corrected chi connectivity index (χ2v) is 12.3. The van der Waals surface area contributed by atoms with E-state index in [1.807, 2.05) is 68.4 Å². The van der Waals surface area contributed by atoms with Crippen molar-refractivity contribution < 1.29 is 22.7 Å². The molecule has 0 fully saturated rings. The van der Waals surface area contributed by atoms with Crippen LogP contribution in [0.4, 0.5) is 5.69 Å². The van der Waals surface area contributed by atoms with Crippen molar-refractivity contribution in [3.63, 3.8) is 0 Å². The number of amides is 2. The Bertz CT molecular complexity index is 1350. The number of halogens is 1. The largest absolute Gasteiger partial charge is 0.489 e. The van der Waals surface area contributed by atoms with Crippen LogP contribution in [0.15, 0.2) is 83.3 Å². The van der Waals surface area contributed by atoms with Crippen molar-refractivity contribution in [3.8, 4) is 5.75 Å². The van der Waals surface area contributed by atoms with E-state index in [4.69, 9.17) is 4.74 Å². The summed E-state index contributed by atoms with van der Waals surface area (Å²) >= 11 is 3.40. The number of carbonyl (C=O) groups is 2. The summed E-state index contributed by atoms with van der Waals surface area (Å²) in [5.74, 6) is -0.251. The number of sulfonamides is 1. The van der Waals surface area contributed by atoms with Crippen molar-refractivity contribution in [1.29, 1.82) is 0 Å². The van der Waals surface area contributed by atoms with Gasteiger partial charge in [0.1, 0.15) is 24.9 Å². The van der Waals surface area contributed by atoms with Crippen molar-refractivity contribution >= 4 is 43.5 Å². The first kappa shape index (κ1) is 30.2. The van der Waals surface area contributed by atoms with E-state index in [9.17, 15) is 18.0 Å². The molecule has 0 spiro atoms. The van der Waals surface area contributed by atoms with Crippen LogP contribution in [0.5, 0.6) is 5.75 Å². The first-order valence-corrected chi connectivity index (χ1v) is 15.2. The van der Waals surface area contributed by atoms with E-state index < -0.39 is 28.5 Å². The molecule has 0 saturated carbocycles. The van der Waals surface area contributed by atoms with Gasteiger partial charge in [-0.2, -0.15) is 0 Å². The van der Waals surface area contributed by atoms with E-state index in [1.165, 1.54) is 4.90 Å². The summed E-state index contributed by atoms with van der Waals surface area (Å²) in [6.45, 7) is 5.36. The molecule has 0 heterocycles. The Hall–Kier alpha value is -3.37. The lowest BCUT2D eigenvalue weighted by molar-refractivity contribution is -0.139. The lowest BCUT2D eigenvalue weighted by Crippen LogP contribution is -2.52. The predicted octanol–water partition coefficient (Wildman–Crippen LogP) is 4.74. The molecule has 0 aromatic heterocycles. The molecule has 3 aromatic rings. The molecule has 0 bridgehead atoms. The lowest BCUT2D eigenvalue weighted by atomic mass is 10.1. The molecule has 10 heteroatoms.